The van der Waals surface area contributed by atoms with Crippen molar-refractivity contribution in [3.63, 3.8) is 0 Å². The fourth-order valence-electron chi connectivity index (χ4n) is 1.40. The molecule has 1 N–H and O–H groups in total. The van der Waals surface area contributed by atoms with Crippen molar-refractivity contribution in [2.75, 3.05) is 26.9 Å². The molecular weight excluding hydrogens is 202 g/mol. The lowest BCUT2D eigenvalue weighted by atomic mass is 10.1. The van der Waals surface area contributed by atoms with E-state index in [0.717, 1.165) is 12.4 Å². The van der Waals surface area contributed by atoms with Crippen molar-refractivity contribution in [3.8, 4) is 5.75 Å². The largest absolute Gasteiger partial charge is 0.491 e. The maximum atomic E-state index is 5.59. The molecule has 0 heterocycles. The molecule has 0 fully saturated rings. The van der Waals surface area contributed by atoms with E-state index in [1.54, 1.807) is 0 Å². The van der Waals surface area contributed by atoms with Crippen molar-refractivity contribution in [3.05, 3.63) is 29.8 Å². The van der Waals surface area contributed by atoms with Crippen molar-refractivity contribution in [2.45, 2.75) is 19.9 Å². The molecule has 0 saturated heterocycles. The van der Waals surface area contributed by atoms with Crippen LogP contribution in [0.1, 0.15) is 25.5 Å². The summed E-state index contributed by atoms with van der Waals surface area (Å²) in [5.41, 5.74) is 1.23. The molecule has 0 bridgehead atoms. The van der Waals surface area contributed by atoms with Gasteiger partial charge in [0.1, 0.15) is 12.4 Å². The van der Waals surface area contributed by atoms with Crippen molar-refractivity contribution < 1.29 is 9.47 Å². The minimum Gasteiger partial charge on any atom is -0.491 e. The van der Waals surface area contributed by atoms with E-state index in [0.29, 0.717) is 19.3 Å². The Kier molecular flexibility index (Phi) is 5.90. The zero-order valence-electron chi connectivity index (χ0n) is 10.3. The third kappa shape index (κ3) is 4.21. The van der Waals surface area contributed by atoms with Crippen LogP contribution in [0, 0.1) is 0 Å². The van der Waals surface area contributed by atoms with Gasteiger partial charge in [-0.3, -0.25) is 0 Å². The summed E-state index contributed by atoms with van der Waals surface area (Å²) in [5, 5.41) is 3.20. The van der Waals surface area contributed by atoms with E-state index in [1.807, 2.05) is 26.1 Å². The van der Waals surface area contributed by atoms with E-state index in [-0.39, 0.29) is 0 Å². The Morgan fingerprint density at radius 1 is 1.31 bits per heavy atom. The molecule has 0 spiro atoms. The van der Waals surface area contributed by atoms with E-state index >= 15 is 0 Å². The fourth-order valence-corrected chi connectivity index (χ4v) is 1.40. The Hall–Kier alpha value is -1.06. The monoisotopic (exact) mass is 223 g/mol. The highest BCUT2D eigenvalue weighted by molar-refractivity contribution is 5.30. The maximum Gasteiger partial charge on any atom is 0.119 e. The highest BCUT2D eigenvalue weighted by Gasteiger charge is 2.03. The van der Waals surface area contributed by atoms with Crippen LogP contribution >= 0.6 is 0 Å². The van der Waals surface area contributed by atoms with Crippen LogP contribution in [0.3, 0.4) is 0 Å². The van der Waals surface area contributed by atoms with Gasteiger partial charge in [0.2, 0.25) is 0 Å². The number of benzene rings is 1. The molecule has 0 aromatic heterocycles. The quantitative estimate of drug-likeness (QED) is 0.720. The van der Waals surface area contributed by atoms with Gasteiger partial charge in [0.15, 0.2) is 0 Å². The van der Waals surface area contributed by atoms with Crippen LogP contribution in [-0.2, 0) is 4.74 Å². The van der Waals surface area contributed by atoms with Crippen LogP contribution in [-0.4, -0.2) is 26.9 Å². The zero-order valence-corrected chi connectivity index (χ0v) is 10.3. The van der Waals surface area contributed by atoms with Gasteiger partial charge in [-0.2, -0.15) is 0 Å². The van der Waals surface area contributed by atoms with Gasteiger partial charge in [-0.15, -0.1) is 0 Å². The van der Waals surface area contributed by atoms with Gasteiger partial charge in [0, 0.05) is 12.6 Å². The first-order valence-electron chi connectivity index (χ1n) is 5.75. The van der Waals surface area contributed by atoms with Gasteiger partial charge in [0.25, 0.3) is 0 Å². The van der Waals surface area contributed by atoms with Crippen molar-refractivity contribution in [2.24, 2.45) is 0 Å². The average Bonchev–Trinajstić information content (AvgIpc) is 2.34. The van der Waals surface area contributed by atoms with Crippen LogP contribution < -0.4 is 10.1 Å². The second kappa shape index (κ2) is 7.25. The van der Waals surface area contributed by atoms with Crippen LogP contribution in [0.15, 0.2) is 24.3 Å². The number of hydrogen-bond acceptors (Lipinski definition) is 3. The average molecular weight is 223 g/mol. The summed E-state index contributed by atoms with van der Waals surface area (Å²) in [6, 6.07) is 8.48. The molecule has 0 aliphatic rings. The molecule has 0 aliphatic carbocycles. The minimum absolute atomic E-state index is 0.343. The number of hydrogen-bond donors (Lipinski definition) is 1. The fraction of sp³-hybridized carbons (Fsp3) is 0.538. The molecule has 1 atom stereocenters. The van der Waals surface area contributed by atoms with E-state index in [4.69, 9.17) is 9.47 Å². The summed E-state index contributed by atoms with van der Waals surface area (Å²) < 4.78 is 10.8. The molecule has 0 radical (unpaired) electrons. The Morgan fingerprint density at radius 3 is 2.81 bits per heavy atom. The first kappa shape index (κ1) is 13.0. The summed E-state index contributed by atoms with van der Waals surface area (Å²) in [6.07, 6.45) is 0. The third-order valence-corrected chi connectivity index (χ3v) is 2.49. The molecule has 0 saturated carbocycles. The van der Waals surface area contributed by atoms with Crippen LogP contribution in [0.25, 0.3) is 0 Å². The molecule has 1 unspecified atom stereocenters. The highest BCUT2D eigenvalue weighted by atomic mass is 16.5. The molecule has 3 nitrogen and oxygen atoms in total. The zero-order chi connectivity index (χ0) is 11.8. The van der Waals surface area contributed by atoms with E-state index in [2.05, 4.69) is 24.4 Å². The summed E-state index contributed by atoms with van der Waals surface area (Å²) in [5.74, 6) is 0.902. The Labute approximate surface area is 97.8 Å². The molecular formula is C13H21NO2. The summed E-state index contributed by atoms with van der Waals surface area (Å²) >= 11 is 0. The summed E-state index contributed by atoms with van der Waals surface area (Å²) in [4.78, 5) is 0. The Morgan fingerprint density at radius 2 is 2.12 bits per heavy atom. The van der Waals surface area contributed by atoms with Crippen LogP contribution in [0.2, 0.25) is 0 Å². The van der Waals surface area contributed by atoms with Gasteiger partial charge in [0.05, 0.1) is 6.61 Å². The van der Waals surface area contributed by atoms with Gasteiger partial charge in [-0.25, -0.2) is 0 Å². The number of ether oxygens (including phenoxy) is 2. The molecule has 90 valence electrons. The number of nitrogens with one attached hydrogen (secondary N) is 1. The van der Waals surface area contributed by atoms with Crippen molar-refractivity contribution in [1.82, 2.24) is 5.32 Å². The maximum absolute atomic E-state index is 5.59. The minimum atomic E-state index is 0.343. The molecule has 1 aromatic rings. The lowest BCUT2D eigenvalue weighted by Gasteiger charge is -2.12. The van der Waals surface area contributed by atoms with Crippen LogP contribution in [0.4, 0.5) is 0 Å². The first-order chi connectivity index (χ1) is 7.77. The summed E-state index contributed by atoms with van der Waals surface area (Å²) in [6.45, 7) is 6.09. The molecule has 16 heavy (non-hydrogen) atoms. The van der Waals surface area contributed by atoms with Gasteiger partial charge in [-0.05, 0) is 38.6 Å². The second-order valence-electron chi connectivity index (χ2n) is 3.63. The molecule has 0 amide bonds. The van der Waals surface area contributed by atoms with E-state index < -0.39 is 0 Å². The topological polar surface area (TPSA) is 30.5 Å². The molecule has 1 rings (SSSR count). The normalized spacial score (nSPS) is 12.4. The molecule has 0 aliphatic heterocycles. The third-order valence-electron chi connectivity index (χ3n) is 2.49. The van der Waals surface area contributed by atoms with Crippen molar-refractivity contribution >= 4 is 0 Å². The van der Waals surface area contributed by atoms with E-state index in [9.17, 15) is 0 Å². The Bertz CT molecular complexity index is 302. The van der Waals surface area contributed by atoms with Gasteiger partial charge < -0.3 is 14.8 Å². The number of rotatable bonds is 7. The summed E-state index contributed by atoms with van der Waals surface area (Å²) in [7, 11) is 1.95. The smallest absolute Gasteiger partial charge is 0.119 e. The van der Waals surface area contributed by atoms with Crippen LogP contribution in [0.5, 0.6) is 5.75 Å². The molecule has 3 heteroatoms. The van der Waals surface area contributed by atoms with Gasteiger partial charge in [-0.1, -0.05) is 12.1 Å². The lowest BCUT2D eigenvalue weighted by Crippen LogP contribution is -2.12. The highest BCUT2D eigenvalue weighted by Crippen LogP contribution is 2.18. The van der Waals surface area contributed by atoms with Gasteiger partial charge >= 0.3 is 0 Å². The second-order valence-corrected chi connectivity index (χ2v) is 3.63. The van der Waals surface area contributed by atoms with Crippen molar-refractivity contribution in [1.29, 1.82) is 0 Å². The lowest BCUT2D eigenvalue weighted by molar-refractivity contribution is 0.110. The first-order valence-corrected chi connectivity index (χ1v) is 5.75. The standard InChI is InChI=1S/C13H21NO2/c1-4-15-8-9-16-13-7-5-6-12(10-13)11(2)14-3/h5-7,10-11,14H,4,8-9H2,1-3H3. The van der Waals surface area contributed by atoms with E-state index in [1.165, 1.54) is 5.56 Å². The SMILES string of the molecule is CCOCCOc1cccc(C(C)NC)c1. The predicted molar refractivity (Wildman–Crippen MR) is 65.9 cm³/mol. The Balaban J connectivity index is 2.47. The molecule has 1 aromatic carbocycles. The predicted octanol–water partition coefficient (Wildman–Crippen LogP) is 2.38.